The lowest BCUT2D eigenvalue weighted by atomic mass is 9.82. The summed E-state index contributed by atoms with van der Waals surface area (Å²) in [6.45, 7) is 4.89. The van der Waals surface area contributed by atoms with Gasteiger partial charge in [-0.05, 0) is 67.6 Å². The molecule has 0 saturated carbocycles. The van der Waals surface area contributed by atoms with Crippen LogP contribution in [-0.4, -0.2) is 34.1 Å². The summed E-state index contributed by atoms with van der Waals surface area (Å²) in [6, 6.07) is 10.9. The van der Waals surface area contributed by atoms with Crippen molar-refractivity contribution < 1.29 is 17.9 Å². The van der Waals surface area contributed by atoms with Gasteiger partial charge in [0.1, 0.15) is 0 Å². The SMILES string of the molecule is Cc1cc(S(N)(=O)=O)cc(NC(=O)CNC2(c3cccc(Br)c3)CCOCC2)c1C. The van der Waals surface area contributed by atoms with Crippen LogP contribution < -0.4 is 15.8 Å². The Balaban J connectivity index is 1.78. The summed E-state index contributed by atoms with van der Waals surface area (Å²) in [4.78, 5) is 12.7. The number of carbonyl (C=O) groups is 1. The van der Waals surface area contributed by atoms with E-state index in [1.807, 2.05) is 25.1 Å². The highest BCUT2D eigenvalue weighted by molar-refractivity contribution is 9.10. The molecule has 3 rings (SSSR count). The summed E-state index contributed by atoms with van der Waals surface area (Å²) < 4.78 is 30.0. The van der Waals surface area contributed by atoms with Crippen LogP contribution in [0.4, 0.5) is 5.69 Å². The average molecular weight is 496 g/mol. The van der Waals surface area contributed by atoms with Crippen LogP contribution >= 0.6 is 15.9 Å². The molecule has 0 unspecified atom stereocenters. The fraction of sp³-hybridized carbons (Fsp3) is 0.381. The second-order valence-electron chi connectivity index (χ2n) is 7.56. The molecule has 2 aromatic rings. The van der Waals surface area contributed by atoms with Crippen molar-refractivity contribution in [3.05, 3.63) is 57.6 Å². The number of amides is 1. The van der Waals surface area contributed by atoms with Crippen LogP contribution in [0.5, 0.6) is 0 Å². The standard InChI is InChI=1S/C21H26BrN3O4S/c1-14-10-18(30(23,27)28)12-19(15(14)2)25-20(26)13-24-21(6-8-29-9-7-21)16-4-3-5-17(22)11-16/h3-5,10-12,24H,6-9,13H2,1-2H3,(H,25,26)(H2,23,27,28). The smallest absolute Gasteiger partial charge is 0.238 e. The molecule has 1 aliphatic heterocycles. The molecule has 162 valence electrons. The molecule has 0 bridgehead atoms. The number of sulfonamides is 1. The average Bonchev–Trinajstić information content (AvgIpc) is 2.69. The number of rotatable bonds is 6. The van der Waals surface area contributed by atoms with Gasteiger partial charge in [0.25, 0.3) is 0 Å². The summed E-state index contributed by atoms with van der Waals surface area (Å²) in [5.41, 5.74) is 2.70. The summed E-state index contributed by atoms with van der Waals surface area (Å²) in [5.74, 6) is -0.259. The van der Waals surface area contributed by atoms with E-state index in [-0.39, 0.29) is 22.9 Å². The number of halogens is 1. The first-order chi connectivity index (χ1) is 14.1. The number of ether oxygens (including phenoxy) is 1. The number of anilines is 1. The molecule has 4 N–H and O–H groups in total. The maximum atomic E-state index is 12.7. The van der Waals surface area contributed by atoms with E-state index < -0.39 is 10.0 Å². The van der Waals surface area contributed by atoms with Gasteiger partial charge in [0.15, 0.2) is 0 Å². The quantitative estimate of drug-likeness (QED) is 0.570. The highest BCUT2D eigenvalue weighted by Gasteiger charge is 2.34. The van der Waals surface area contributed by atoms with E-state index in [1.54, 1.807) is 6.92 Å². The van der Waals surface area contributed by atoms with Crippen LogP contribution in [0.25, 0.3) is 0 Å². The van der Waals surface area contributed by atoms with Crippen LogP contribution in [0.2, 0.25) is 0 Å². The van der Waals surface area contributed by atoms with Crippen molar-refractivity contribution in [2.24, 2.45) is 5.14 Å². The summed E-state index contributed by atoms with van der Waals surface area (Å²) in [5, 5.41) is 11.5. The summed E-state index contributed by atoms with van der Waals surface area (Å²) in [7, 11) is -3.86. The Morgan fingerprint density at radius 1 is 1.20 bits per heavy atom. The molecule has 0 aromatic heterocycles. The zero-order valence-corrected chi connectivity index (χ0v) is 19.4. The fourth-order valence-electron chi connectivity index (χ4n) is 3.64. The molecule has 0 aliphatic carbocycles. The van der Waals surface area contributed by atoms with E-state index >= 15 is 0 Å². The van der Waals surface area contributed by atoms with E-state index in [4.69, 9.17) is 9.88 Å². The van der Waals surface area contributed by atoms with Gasteiger partial charge in [-0.15, -0.1) is 0 Å². The number of aryl methyl sites for hydroxylation is 1. The van der Waals surface area contributed by atoms with Gasteiger partial charge in [-0.3, -0.25) is 10.1 Å². The molecule has 1 heterocycles. The van der Waals surface area contributed by atoms with Crippen LogP contribution in [0.15, 0.2) is 45.8 Å². The molecular formula is C21H26BrN3O4S. The Labute approximate surface area is 185 Å². The second-order valence-corrected chi connectivity index (χ2v) is 10.0. The molecule has 1 amide bonds. The van der Waals surface area contributed by atoms with Crippen molar-refractivity contribution in [2.45, 2.75) is 37.1 Å². The zero-order valence-electron chi connectivity index (χ0n) is 17.0. The summed E-state index contributed by atoms with van der Waals surface area (Å²) in [6.07, 6.45) is 1.49. The highest BCUT2D eigenvalue weighted by Crippen LogP contribution is 2.33. The second kappa shape index (κ2) is 9.15. The lowest BCUT2D eigenvalue weighted by Gasteiger charge is -2.38. The van der Waals surface area contributed by atoms with E-state index in [2.05, 4.69) is 32.6 Å². The van der Waals surface area contributed by atoms with Crippen molar-refractivity contribution in [3.63, 3.8) is 0 Å². The van der Waals surface area contributed by atoms with E-state index in [1.165, 1.54) is 12.1 Å². The first kappa shape index (κ1) is 22.9. The van der Waals surface area contributed by atoms with Gasteiger partial charge < -0.3 is 10.1 Å². The van der Waals surface area contributed by atoms with Gasteiger partial charge in [-0.25, -0.2) is 13.6 Å². The number of benzene rings is 2. The largest absolute Gasteiger partial charge is 0.381 e. The van der Waals surface area contributed by atoms with Crippen molar-refractivity contribution in [1.29, 1.82) is 0 Å². The molecule has 1 aliphatic rings. The van der Waals surface area contributed by atoms with E-state index in [0.29, 0.717) is 18.9 Å². The van der Waals surface area contributed by atoms with Crippen molar-refractivity contribution in [3.8, 4) is 0 Å². The molecule has 7 nitrogen and oxygen atoms in total. The Kier molecular flexibility index (Phi) is 6.98. The number of nitrogens with two attached hydrogens (primary N) is 1. The molecule has 1 saturated heterocycles. The van der Waals surface area contributed by atoms with Crippen LogP contribution in [-0.2, 0) is 25.1 Å². The molecule has 0 radical (unpaired) electrons. The lowest BCUT2D eigenvalue weighted by molar-refractivity contribution is -0.116. The molecule has 2 aromatic carbocycles. The van der Waals surface area contributed by atoms with Crippen molar-refractivity contribution in [1.82, 2.24) is 5.32 Å². The topological polar surface area (TPSA) is 111 Å². The third-order valence-electron chi connectivity index (χ3n) is 5.55. The van der Waals surface area contributed by atoms with Gasteiger partial charge in [0.2, 0.25) is 15.9 Å². The van der Waals surface area contributed by atoms with Crippen LogP contribution in [0.1, 0.15) is 29.5 Å². The van der Waals surface area contributed by atoms with Gasteiger partial charge >= 0.3 is 0 Å². The minimum Gasteiger partial charge on any atom is -0.381 e. The normalized spacial score (nSPS) is 16.3. The Morgan fingerprint density at radius 2 is 1.90 bits per heavy atom. The molecule has 30 heavy (non-hydrogen) atoms. The number of hydrogen-bond donors (Lipinski definition) is 3. The number of nitrogens with one attached hydrogen (secondary N) is 2. The minimum atomic E-state index is -3.86. The number of carbonyl (C=O) groups excluding carboxylic acids is 1. The van der Waals surface area contributed by atoms with Crippen molar-refractivity contribution >= 4 is 37.5 Å². The third kappa shape index (κ3) is 5.28. The highest BCUT2D eigenvalue weighted by atomic mass is 79.9. The van der Waals surface area contributed by atoms with Gasteiger partial charge in [0.05, 0.1) is 11.4 Å². The minimum absolute atomic E-state index is 0.0242. The monoisotopic (exact) mass is 495 g/mol. The van der Waals surface area contributed by atoms with Gasteiger partial charge in [-0.1, -0.05) is 28.1 Å². The van der Waals surface area contributed by atoms with Crippen LogP contribution in [0, 0.1) is 13.8 Å². The van der Waals surface area contributed by atoms with Crippen LogP contribution in [0.3, 0.4) is 0 Å². The number of hydrogen-bond acceptors (Lipinski definition) is 5. The first-order valence-electron chi connectivity index (χ1n) is 9.63. The van der Waals surface area contributed by atoms with E-state index in [0.717, 1.165) is 34.0 Å². The zero-order chi connectivity index (χ0) is 21.9. The molecular weight excluding hydrogens is 470 g/mol. The first-order valence-corrected chi connectivity index (χ1v) is 12.0. The summed E-state index contributed by atoms with van der Waals surface area (Å²) >= 11 is 3.52. The van der Waals surface area contributed by atoms with E-state index in [9.17, 15) is 13.2 Å². The molecule has 0 spiro atoms. The molecule has 0 atom stereocenters. The molecule has 1 fully saturated rings. The maximum Gasteiger partial charge on any atom is 0.238 e. The molecule has 9 heteroatoms. The predicted molar refractivity (Wildman–Crippen MR) is 120 cm³/mol. The predicted octanol–water partition coefficient (Wildman–Crippen LogP) is 2.95. The van der Waals surface area contributed by atoms with Gasteiger partial charge in [-0.2, -0.15) is 0 Å². The Hall–Kier alpha value is -1.78. The lowest BCUT2D eigenvalue weighted by Crippen LogP contribution is -2.49. The van der Waals surface area contributed by atoms with Gasteiger partial charge in [0, 0.05) is 28.9 Å². The maximum absolute atomic E-state index is 12.7. The third-order valence-corrected chi connectivity index (χ3v) is 6.94. The fourth-order valence-corrected chi connectivity index (χ4v) is 4.66. The number of primary sulfonamides is 1. The Bertz CT molecular complexity index is 1050. The van der Waals surface area contributed by atoms with Crippen molar-refractivity contribution in [2.75, 3.05) is 25.1 Å². The Morgan fingerprint density at radius 3 is 2.53 bits per heavy atom.